The van der Waals surface area contributed by atoms with Crippen LogP contribution in [0.1, 0.15) is 42.5 Å². The summed E-state index contributed by atoms with van der Waals surface area (Å²) < 4.78 is 0. The second-order valence-electron chi connectivity index (χ2n) is 6.07. The average Bonchev–Trinajstić information content (AvgIpc) is 2.46. The molecule has 0 spiro atoms. The van der Waals surface area contributed by atoms with Crippen LogP contribution in [0.15, 0.2) is 42.5 Å². The van der Waals surface area contributed by atoms with Crippen molar-refractivity contribution in [2.24, 2.45) is 11.7 Å². The van der Waals surface area contributed by atoms with Crippen LogP contribution >= 0.6 is 0 Å². The molecule has 0 aliphatic rings. The van der Waals surface area contributed by atoms with Crippen LogP contribution in [-0.4, -0.2) is 5.84 Å². The number of hydrogen-bond donors (Lipinski definition) is 3. The molecule has 0 saturated carbocycles. The van der Waals surface area contributed by atoms with Gasteiger partial charge in [-0.25, -0.2) is 0 Å². The van der Waals surface area contributed by atoms with E-state index in [1.54, 1.807) is 0 Å². The van der Waals surface area contributed by atoms with E-state index >= 15 is 0 Å². The third-order valence-corrected chi connectivity index (χ3v) is 3.68. The minimum atomic E-state index is 0.112. The van der Waals surface area contributed by atoms with Gasteiger partial charge in [0.1, 0.15) is 5.84 Å². The maximum Gasteiger partial charge on any atom is 0.122 e. The first kappa shape index (κ1) is 16.1. The molecule has 0 heterocycles. The zero-order valence-electron chi connectivity index (χ0n) is 13.3. The van der Waals surface area contributed by atoms with Gasteiger partial charge >= 0.3 is 0 Å². The van der Waals surface area contributed by atoms with Crippen molar-refractivity contribution in [1.29, 1.82) is 5.41 Å². The van der Waals surface area contributed by atoms with Gasteiger partial charge in [-0.2, -0.15) is 0 Å². The normalized spacial score (nSPS) is 10.9. The van der Waals surface area contributed by atoms with Gasteiger partial charge in [-0.05, 0) is 53.6 Å². The largest absolute Gasteiger partial charge is 0.399 e. The lowest BCUT2D eigenvalue weighted by Crippen LogP contribution is -2.12. The van der Waals surface area contributed by atoms with E-state index in [0.717, 1.165) is 35.2 Å². The summed E-state index contributed by atoms with van der Waals surface area (Å²) in [6.07, 6.45) is 4.22. The Morgan fingerprint density at radius 3 is 2.59 bits per heavy atom. The molecule has 0 aliphatic carbocycles. The molecule has 3 heteroatoms. The summed E-state index contributed by atoms with van der Waals surface area (Å²) in [7, 11) is 0. The summed E-state index contributed by atoms with van der Waals surface area (Å²) in [6, 6.07) is 13.8. The quantitative estimate of drug-likeness (QED) is 0.431. The zero-order valence-corrected chi connectivity index (χ0v) is 13.3. The van der Waals surface area contributed by atoms with Gasteiger partial charge in [0.25, 0.3) is 0 Å². The SMILES string of the molecule is CC(C)CCc1cc(C(=N)N)ccc1[CH]c1cccc(N)c1. The van der Waals surface area contributed by atoms with Crippen molar-refractivity contribution in [3.05, 3.63) is 71.1 Å². The van der Waals surface area contributed by atoms with Crippen molar-refractivity contribution >= 4 is 11.5 Å². The summed E-state index contributed by atoms with van der Waals surface area (Å²) in [6.45, 7) is 4.44. The Hall–Kier alpha value is -2.29. The molecule has 3 nitrogen and oxygen atoms in total. The molecule has 115 valence electrons. The lowest BCUT2D eigenvalue weighted by molar-refractivity contribution is 0.586. The van der Waals surface area contributed by atoms with Crippen molar-refractivity contribution in [2.45, 2.75) is 26.7 Å². The van der Waals surface area contributed by atoms with Gasteiger partial charge in [-0.15, -0.1) is 0 Å². The first-order chi connectivity index (χ1) is 10.5. The second-order valence-corrected chi connectivity index (χ2v) is 6.07. The van der Waals surface area contributed by atoms with Crippen LogP contribution in [0.4, 0.5) is 5.69 Å². The number of rotatable bonds is 6. The Labute approximate surface area is 132 Å². The maximum absolute atomic E-state index is 7.62. The maximum atomic E-state index is 7.62. The molecule has 2 aromatic rings. The minimum Gasteiger partial charge on any atom is -0.399 e. The van der Waals surface area contributed by atoms with Crippen LogP contribution < -0.4 is 11.5 Å². The fourth-order valence-electron chi connectivity index (χ4n) is 2.40. The third-order valence-electron chi connectivity index (χ3n) is 3.68. The lowest BCUT2D eigenvalue weighted by Gasteiger charge is -2.13. The Morgan fingerprint density at radius 1 is 1.18 bits per heavy atom. The van der Waals surface area contributed by atoms with Crippen molar-refractivity contribution in [3.8, 4) is 0 Å². The van der Waals surface area contributed by atoms with E-state index in [9.17, 15) is 0 Å². The number of hydrogen-bond acceptors (Lipinski definition) is 2. The first-order valence-corrected chi connectivity index (χ1v) is 7.63. The Bertz CT molecular complexity index is 659. The number of nitrogens with one attached hydrogen (secondary N) is 1. The summed E-state index contributed by atoms with van der Waals surface area (Å²) in [5, 5.41) is 7.62. The minimum absolute atomic E-state index is 0.112. The van der Waals surface area contributed by atoms with Crippen LogP contribution in [0.5, 0.6) is 0 Å². The van der Waals surface area contributed by atoms with Crippen LogP contribution in [0.3, 0.4) is 0 Å². The topological polar surface area (TPSA) is 75.9 Å². The van der Waals surface area contributed by atoms with Gasteiger partial charge in [0.2, 0.25) is 0 Å². The first-order valence-electron chi connectivity index (χ1n) is 7.63. The molecule has 2 rings (SSSR count). The van der Waals surface area contributed by atoms with Gasteiger partial charge in [-0.3, -0.25) is 5.41 Å². The van der Waals surface area contributed by atoms with E-state index in [4.69, 9.17) is 16.9 Å². The number of benzene rings is 2. The number of aryl methyl sites for hydroxylation is 1. The highest BCUT2D eigenvalue weighted by atomic mass is 14.7. The number of nitrogen functional groups attached to an aromatic ring is 2. The molecule has 5 N–H and O–H groups in total. The molecule has 0 aliphatic heterocycles. The average molecular weight is 294 g/mol. The summed E-state index contributed by atoms with van der Waals surface area (Å²) in [5.41, 5.74) is 16.5. The van der Waals surface area contributed by atoms with Gasteiger partial charge in [0.15, 0.2) is 0 Å². The van der Waals surface area contributed by atoms with E-state index < -0.39 is 0 Å². The molecule has 22 heavy (non-hydrogen) atoms. The summed E-state index contributed by atoms with van der Waals surface area (Å²) >= 11 is 0. The van der Waals surface area contributed by atoms with Crippen LogP contribution in [0.25, 0.3) is 0 Å². The summed E-state index contributed by atoms with van der Waals surface area (Å²) in [5.74, 6) is 0.752. The fraction of sp³-hybridized carbons (Fsp3) is 0.263. The molecule has 1 radical (unpaired) electrons. The summed E-state index contributed by atoms with van der Waals surface area (Å²) in [4.78, 5) is 0. The molecule has 0 atom stereocenters. The van der Waals surface area contributed by atoms with E-state index in [1.165, 1.54) is 5.56 Å². The Balaban J connectivity index is 2.30. The Morgan fingerprint density at radius 2 is 1.95 bits per heavy atom. The molecular weight excluding hydrogens is 270 g/mol. The molecule has 0 bridgehead atoms. The molecule has 0 amide bonds. The van der Waals surface area contributed by atoms with Gasteiger partial charge in [0.05, 0.1) is 0 Å². The van der Waals surface area contributed by atoms with Crippen molar-refractivity contribution in [1.82, 2.24) is 0 Å². The molecule has 0 fully saturated rings. The van der Waals surface area contributed by atoms with Crippen molar-refractivity contribution < 1.29 is 0 Å². The monoisotopic (exact) mass is 294 g/mol. The Kier molecular flexibility index (Phi) is 5.21. The van der Waals surface area contributed by atoms with Gasteiger partial charge in [0, 0.05) is 17.7 Å². The molecule has 0 unspecified atom stereocenters. The van der Waals surface area contributed by atoms with E-state index in [2.05, 4.69) is 20.3 Å². The molecular formula is C19H24N3. The standard InChI is InChI=1S/C19H24N3/c1-13(2)6-7-16-12-17(19(21)22)9-8-15(16)10-14-4-3-5-18(20)11-14/h3-5,8-13H,6-7,20H2,1-2H3,(H3,21,22). The number of amidine groups is 1. The predicted molar refractivity (Wildman–Crippen MR) is 94.0 cm³/mol. The molecule has 2 aromatic carbocycles. The predicted octanol–water partition coefficient (Wildman–Crippen LogP) is 3.74. The van der Waals surface area contributed by atoms with Crippen molar-refractivity contribution in [3.63, 3.8) is 0 Å². The highest BCUT2D eigenvalue weighted by Gasteiger charge is 2.08. The van der Waals surface area contributed by atoms with E-state index in [1.807, 2.05) is 42.5 Å². The van der Waals surface area contributed by atoms with Gasteiger partial charge in [-0.1, -0.05) is 38.1 Å². The van der Waals surface area contributed by atoms with Gasteiger partial charge < -0.3 is 11.5 Å². The highest BCUT2D eigenvalue weighted by molar-refractivity contribution is 5.95. The fourth-order valence-corrected chi connectivity index (χ4v) is 2.40. The molecule has 0 saturated heterocycles. The smallest absolute Gasteiger partial charge is 0.122 e. The third kappa shape index (κ3) is 4.35. The zero-order chi connectivity index (χ0) is 16.1. The number of anilines is 1. The van der Waals surface area contributed by atoms with Crippen molar-refractivity contribution in [2.75, 3.05) is 5.73 Å². The lowest BCUT2D eigenvalue weighted by atomic mass is 9.92. The van der Waals surface area contributed by atoms with E-state index in [0.29, 0.717) is 5.92 Å². The highest BCUT2D eigenvalue weighted by Crippen LogP contribution is 2.22. The number of nitrogens with two attached hydrogens (primary N) is 2. The van der Waals surface area contributed by atoms with E-state index in [-0.39, 0.29) is 5.84 Å². The van der Waals surface area contributed by atoms with Crippen LogP contribution in [0.2, 0.25) is 0 Å². The van der Waals surface area contributed by atoms with Crippen LogP contribution in [0, 0.1) is 17.7 Å². The second kappa shape index (κ2) is 7.12. The molecule has 0 aromatic heterocycles. The van der Waals surface area contributed by atoms with Crippen LogP contribution in [-0.2, 0) is 6.42 Å².